The molecule has 12 heteroatoms. The first kappa shape index (κ1) is 22.8. The van der Waals surface area contributed by atoms with Gasteiger partial charge in [-0.15, -0.1) is 5.10 Å². The van der Waals surface area contributed by atoms with E-state index < -0.39 is 17.8 Å². The second-order valence-electron chi connectivity index (χ2n) is 7.27. The summed E-state index contributed by atoms with van der Waals surface area (Å²) >= 11 is 6.36. The molecule has 1 aromatic carbocycles. The summed E-state index contributed by atoms with van der Waals surface area (Å²) in [6, 6.07) is 4.89. The molecule has 2 aromatic rings. The van der Waals surface area contributed by atoms with Crippen molar-refractivity contribution in [2.45, 2.75) is 13.0 Å². The molecule has 2 aliphatic heterocycles. The quantitative estimate of drug-likeness (QED) is 0.651. The molecule has 1 saturated heterocycles. The lowest BCUT2D eigenvalue weighted by atomic mass is 9.95. The number of aliphatic imine (C=N–C) groups is 1. The minimum Gasteiger partial charge on any atom is -0.463 e. The van der Waals surface area contributed by atoms with Crippen molar-refractivity contribution in [3.8, 4) is 6.07 Å². The number of hydrogen-bond acceptors (Lipinski definition) is 9. The van der Waals surface area contributed by atoms with Crippen molar-refractivity contribution in [1.29, 1.82) is 5.26 Å². The Morgan fingerprint density at radius 1 is 1.42 bits per heavy atom. The number of carbonyl (C=O) groups is 1. The molecule has 1 aromatic heterocycles. The Kier molecular flexibility index (Phi) is 6.98. The van der Waals surface area contributed by atoms with Crippen LogP contribution in [0.1, 0.15) is 24.4 Å². The lowest BCUT2D eigenvalue weighted by molar-refractivity contribution is -0.139. The number of aromatic nitrogens is 3. The Labute approximate surface area is 194 Å². The predicted molar refractivity (Wildman–Crippen MR) is 116 cm³/mol. The van der Waals surface area contributed by atoms with Gasteiger partial charge in [0.05, 0.1) is 25.4 Å². The molecule has 3 heterocycles. The van der Waals surface area contributed by atoms with Crippen molar-refractivity contribution in [3.63, 3.8) is 0 Å². The number of morpholine rings is 1. The highest BCUT2D eigenvalue weighted by atomic mass is 35.5. The second kappa shape index (κ2) is 10.1. The third kappa shape index (κ3) is 5.03. The summed E-state index contributed by atoms with van der Waals surface area (Å²) < 4.78 is 25.8. The van der Waals surface area contributed by atoms with Gasteiger partial charge in [0.15, 0.2) is 0 Å². The summed E-state index contributed by atoms with van der Waals surface area (Å²) in [4.78, 5) is 23.8. The predicted octanol–water partition coefficient (Wildman–Crippen LogP) is 1.64. The van der Waals surface area contributed by atoms with E-state index >= 15 is 0 Å². The lowest BCUT2D eigenvalue weighted by Gasteiger charge is -2.32. The van der Waals surface area contributed by atoms with Gasteiger partial charge in [-0.05, 0) is 19.1 Å². The average Bonchev–Trinajstić information content (AvgIpc) is 3.29. The summed E-state index contributed by atoms with van der Waals surface area (Å²) in [6.45, 7) is 4.77. The van der Waals surface area contributed by atoms with Crippen LogP contribution < -0.4 is 5.32 Å². The van der Waals surface area contributed by atoms with Crippen LogP contribution in [0, 0.1) is 17.1 Å². The van der Waals surface area contributed by atoms with Gasteiger partial charge in [0.1, 0.15) is 24.3 Å². The molecular weight excluding hydrogens is 453 g/mol. The summed E-state index contributed by atoms with van der Waals surface area (Å²) in [5, 5.41) is 16.5. The number of carbonyl (C=O) groups excluding carboxylic acids is 1. The van der Waals surface area contributed by atoms with Crippen molar-refractivity contribution in [3.05, 3.63) is 58.0 Å². The maximum atomic E-state index is 13.8. The molecule has 0 bridgehead atoms. The first-order valence-electron chi connectivity index (χ1n) is 10.3. The van der Waals surface area contributed by atoms with E-state index in [1.54, 1.807) is 6.92 Å². The minimum absolute atomic E-state index is 0.0363. The average molecular weight is 474 g/mol. The first-order valence-corrected chi connectivity index (χ1v) is 10.7. The zero-order valence-electron chi connectivity index (χ0n) is 17.8. The van der Waals surface area contributed by atoms with E-state index in [-0.39, 0.29) is 29.0 Å². The molecule has 172 valence electrons. The zero-order chi connectivity index (χ0) is 23.4. The molecule has 0 saturated carbocycles. The molecule has 10 nitrogen and oxygen atoms in total. The Hall–Kier alpha value is -3.33. The molecule has 4 rings (SSSR count). The fourth-order valence-electron chi connectivity index (χ4n) is 3.62. The molecule has 0 spiro atoms. The number of benzene rings is 1. The Morgan fingerprint density at radius 3 is 2.88 bits per heavy atom. The fraction of sp³-hybridized carbons (Fsp3) is 0.381. The number of hydrogen-bond donors (Lipinski definition) is 1. The maximum absolute atomic E-state index is 13.8. The van der Waals surface area contributed by atoms with Gasteiger partial charge in [0.25, 0.3) is 5.82 Å². The van der Waals surface area contributed by atoms with E-state index in [4.69, 9.17) is 26.3 Å². The van der Waals surface area contributed by atoms with E-state index in [1.165, 1.54) is 29.2 Å². The second-order valence-corrected chi connectivity index (χ2v) is 7.68. The SMILES string of the molecule is CCOC(=O)C1=C(CN2CCOCC2)NC(n2cnc(C#N)n2)=NC1c1ccc(F)cc1Cl. The monoisotopic (exact) mass is 473 g/mol. The Morgan fingerprint density at radius 2 is 2.21 bits per heavy atom. The van der Waals surface area contributed by atoms with E-state index in [0.717, 1.165) is 0 Å². The summed E-state index contributed by atoms with van der Waals surface area (Å²) in [6.07, 6.45) is 1.34. The largest absolute Gasteiger partial charge is 0.463 e. The molecule has 0 aliphatic carbocycles. The first-order chi connectivity index (χ1) is 16.0. The molecule has 1 N–H and O–H groups in total. The van der Waals surface area contributed by atoms with Crippen LogP contribution in [0.15, 0.2) is 40.8 Å². The number of nitrogens with zero attached hydrogens (tertiary/aromatic N) is 6. The molecule has 1 fully saturated rings. The van der Waals surface area contributed by atoms with Gasteiger partial charge >= 0.3 is 5.97 Å². The van der Waals surface area contributed by atoms with Crippen molar-refractivity contribution in [2.75, 3.05) is 39.5 Å². The van der Waals surface area contributed by atoms with E-state index in [2.05, 4.69) is 25.3 Å². The van der Waals surface area contributed by atoms with Gasteiger partial charge < -0.3 is 14.8 Å². The van der Waals surface area contributed by atoms with Crippen LogP contribution in [0.3, 0.4) is 0 Å². The van der Waals surface area contributed by atoms with E-state index in [0.29, 0.717) is 44.1 Å². The van der Waals surface area contributed by atoms with E-state index in [1.807, 2.05) is 6.07 Å². The number of ether oxygens (including phenoxy) is 2. The van der Waals surface area contributed by atoms with Gasteiger partial charge in [-0.1, -0.05) is 17.7 Å². The molecule has 1 unspecified atom stereocenters. The lowest BCUT2D eigenvalue weighted by Crippen LogP contribution is -2.44. The highest BCUT2D eigenvalue weighted by molar-refractivity contribution is 6.31. The van der Waals surface area contributed by atoms with Gasteiger partial charge in [-0.3, -0.25) is 4.90 Å². The highest BCUT2D eigenvalue weighted by Gasteiger charge is 2.34. The minimum atomic E-state index is -0.890. The van der Waals surface area contributed by atoms with Gasteiger partial charge in [-0.2, -0.15) is 9.94 Å². The molecule has 0 radical (unpaired) electrons. The number of nitriles is 1. The number of nitrogens with one attached hydrogen (secondary N) is 1. The number of halogens is 2. The van der Waals surface area contributed by atoms with Crippen molar-refractivity contribution in [2.24, 2.45) is 4.99 Å². The van der Waals surface area contributed by atoms with Crippen LogP contribution in [0.25, 0.3) is 0 Å². The van der Waals surface area contributed by atoms with Crippen molar-refractivity contribution in [1.82, 2.24) is 25.0 Å². The summed E-state index contributed by atoms with van der Waals surface area (Å²) in [5.74, 6) is -0.860. The van der Waals surface area contributed by atoms with Gasteiger partial charge in [0, 0.05) is 35.9 Å². The highest BCUT2D eigenvalue weighted by Crippen LogP contribution is 2.36. The summed E-state index contributed by atoms with van der Waals surface area (Å²) in [7, 11) is 0. The van der Waals surface area contributed by atoms with Crippen LogP contribution in [-0.2, 0) is 14.3 Å². The Balaban J connectivity index is 1.83. The molecule has 33 heavy (non-hydrogen) atoms. The van der Waals surface area contributed by atoms with Gasteiger partial charge in [-0.25, -0.2) is 19.2 Å². The van der Waals surface area contributed by atoms with Crippen LogP contribution >= 0.6 is 11.6 Å². The third-order valence-electron chi connectivity index (χ3n) is 5.16. The number of esters is 1. The third-order valence-corrected chi connectivity index (χ3v) is 5.49. The maximum Gasteiger partial charge on any atom is 0.338 e. The van der Waals surface area contributed by atoms with Crippen molar-refractivity contribution < 1.29 is 18.7 Å². The summed E-state index contributed by atoms with van der Waals surface area (Å²) in [5.41, 5.74) is 1.24. The molecule has 0 amide bonds. The smallest absolute Gasteiger partial charge is 0.338 e. The van der Waals surface area contributed by atoms with Crippen LogP contribution in [0.4, 0.5) is 4.39 Å². The molecule has 2 aliphatic rings. The Bertz CT molecular complexity index is 1150. The standard InChI is InChI=1S/C21H21ClFN7O3/c1-2-33-20(31)18-16(11-29-5-7-32-8-6-29)26-21(30-12-25-17(10-24)28-30)27-19(18)14-4-3-13(23)9-15(14)22/h3-4,9,12,19H,2,5-8,11H2,1H3,(H,26,27). The zero-order valence-corrected chi connectivity index (χ0v) is 18.5. The van der Waals surface area contributed by atoms with Crippen molar-refractivity contribution >= 4 is 23.5 Å². The normalized spacial score (nSPS) is 19.0. The van der Waals surface area contributed by atoms with Gasteiger partial charge in [0.2, 0.25) is 5.96 Å². The topological polar surface area (TPSA) is 118 Å². The van der Waals surface area contributed by atoms with E-state index in [9.17, 15) is 9.18 Å². The van der Waals surface area contributed by atoms with Crippen LogP contribution in [0.2, 0.25) is 5.02 Å². The van der Waals surface area contributed by atoms with Crippen LogP contribution in [0.5, 0.6) is 0 Å². The molecule has 1 atom stereocenters. The fourth-order valence-corrected chi connectivity index (χ4v) is 3.89. The molecular formula is C21H21ClFN7O3. The number of rotatable bonds is 5. The van der Waals surface area contributed by atoms with Crippen LogP contribution in [-0.4, -0.2) is 71.0 Å².